The Labute approximate surface area is 237 Å². The van der Waals surface area contributed by atoms with Crippen molar-refractivity contribution >= 4 is 23.5 Å². The van der Waals surface area contributed by atoms with Crippen LogP contribution in [0.5, 0.6) is 0 Å². The summed E-state index contributed by atoms with van der Waals surface area (Å²) in [6.45, 7) is 7.17. The molecule has 0 unspecified atom stereocenters. The average Bonchev–Trinajstić information content (AvgIpc) is 2.95. The number of amides is 2. The molecule has 1 aliphatic rings. The molecule has 3 aromatic rings. The second kappa shape index (κ2) is 14.5. The summed E-state index contributed by atoms with van der Waals surface area (Å²) in [5.74, 6) is -2.58. The molecular weight excluding hydrogens is 535 g/mol. The average molecular weight is 570 g/mol. The van der Waals surface area contributed by atoms with Crippen molar-refractivity contribution in [1.82, 2.24) is 10.2 Å². The van der Waals surface area contributed by atoms with E-state index in [1.54, 1.807) is 24.3 Å². The van der Waals surface area contributed by atoms with Gasteiger partial charge in [0.25, 0.3) is 11.8 Å². The summed E-state index contributed by atoms with van der Waals surface area (Å²) in [7, 11) is 0. The van der Waals surface area contributed by atoms with Gasteiger partial charge < -0.3 is 15.7 Å². The normalized spacial score (nSPS) is 14.1. The number of nitrogens with zero attached hydrogens (tertiary/aromatic N) is 1. The molecule has 1 heterocycles. The van der Waals surface area contributed by atoms with E-state index in [1.807, 2.05) is 30.3 Å². The first-order valence-electron chi connectivity index (χ1n) is 13.3. The van der Waals surface area contributed by atoms with Gasteiger partial charge in [-0.2, -0.15) is 13.2 Å². The highest BCUT2D eigenvalue weighted by Crippen LogP contribution is 2.19. The summed E-state index contributed by atoms with van der Waals surface area (Å²) in [4.78, 5) is 36.6. The van der Waals surface area contributed by atoms with Crippen molar-refractivity contribution in [3.05, 3.63) is 101 Å². The molecule has 0 bridgehead atoms. The van der Waals surface area contributed by atoms with E-state index in [0.717, 1.165) is 38.2 Å². The van der Waals surface area contributed by atoms with E-state index < -0.39 is 12.1 Å². The van der Waals surface area contributed by atoms with E-state index >= 15 is 0 Å². The van der Waals surface area contributed by atoms with Gasteiger partial charge in [-0.1, -0.05) is 56.3 Å². The summed E-state index contributed by atoms with van der Waals surface area (Å²) in [5.41, 5.74) is 4.41. The summed E-state index contributed by atoms with van der Waals surface area (Å²) in [6, 6.07) is 25.4. The number of rotatable bonds is 7. The van der Waals surface area contributed by atoms with E-state index in [-0.39, 0.29) is 17.9 Å². The van der Waals surface area contributed by atoms with Gasteiger partial charge in [0.1, 0.15) is 0 Å². The number of aliphatic carboxylic acids is 1. The predicted molar refractivity (Wildman–Crippen MR) is 151 cm³/mol. The summed E-state index contributed by atoms with van der Waals surface area (Å²) >= 11 is 0. The minimum absolute atomic E-state index is 0.0854. The maximum Gasteiger partial charge on any atom is 0.490 e. The largest absolute Gasteiger partial charge is 0.490 e. The van der Waals surface area contributed by atoms with Crippen molar-refractivity contribution in [2.45, 2.75) is 51.4 Å². The molecule has 4 rings (SSSR count). The van der Waals surface area contributed by atoms with E-state index in [1.165, 1.54) is 11.1 Å². The van der Waals surface area contributed by atoms with Crippen molar-refractivity contribution in [1.29, 1.82) is 0 Å². The first kappa shape index (κ1) is 31.3. The second-order valence-electron chi connectivity index (χ2n) is 10.1. The van der Waals surface area contributed by atoms with Gasteiger partial charge in [0, 0.05) is 42.5 Å². The fourth-order valence-electron chi connectivity index (χ4n) is 4.27. The zero-order valence-electron chi connectivity index (χ0n) is 22.9. The topological polar surface area (TPSA) is 98.7 Å². The summed E-state index contributed by atoms with van der Waals surface area (Å²) < 4.78 is 31.7. The molecule has 41 heavy (non-hydrogen) atoms. The third-order valence-electron chi connectivity index (χ3n) is 6.66. The van der Waals surface area contributed by atoms with E-state index in [2.05, 4.69) is 53.6 Å². The number of carboxylic acids is 1. The first-order valence-corrected chi connectivity index (χ1v) is 13.3. The number of hydrogen-bond acceptors (Lipinski definition) is 4. The minimum Gasteiger partial charge on any atom is -0.475 e. The number of carbonyl (C=O) groups excluding carboxylic acids is 2. The molecule has 10 heteroatoms. The molecule has 0 spiro atoms. The molecule has 1 aliphatic heterocycles. The van der Waals surface area contributed by atoms with Crippen molar-refractivity contribution in [3.8, 4) is 0 Å². The molecule has 0 saturated carbocycles. The standard InChI is InChI=1S/C29H33N3O2.C2HF3O2/c1-21(2)23-12-14-26(15-13-23)30-28(33)24-8-10-25(11-9-24)29(34)31-27-16-18-32(19-17-27)20-22-6-4-3-5-7-22;3-2(4,5)1(6)7/h3-15,21,27H,16-20H2,1-2H3,(H,30,33)(H,31,34);(H,6,7). The lowest BCUT2D eigenvalue weighted by atomic mass is 10.0. The molecule has 0 radical (unpaired) electrons. The number of alkyl halides is 3. The van der Waals surface area contributed by atoms with Crippen LogP contribution in [0.4, 0.5) is 18.9 Å². The zero-order chi connectivity index (χ0) is 30.0. The molecule has 1 fully saturated rings. The Balaban J connectivity index is 0.000000587. The predicted octanol–water partition coefficient (Wildman–Crippen LogP) is 6.09. The van der Waals surface area contributed by atoms with Crippen LogP contribution in [0.1, 0.15) is 64.4 Å². The zero-order valence-corrected chi connectivity index (χ0v) is 22.9. The van der Waals surface area contributed by atoms with Crippen LogP contribution in [-0.4, -0.2) is 53.1 Å². The quantitative estimate of drug-likeness (QED) is 0.320. The van der Waals surface area contributed by atoms with Crippen LogP contribution >= 0.6 is 0 Å². The molecule has 1 saturated heterocycles. The van der Waals surface area contributed by atoms with Gasteiger partial charge in [-0.05, 0) is 66.3 Å². The lowest BCUT2D eigenvalue weighted by Crippen LogP contribution is -2.44. The minimum atomic E-state index is -5.08. The fraction of sp³-hybridized carbons (Fsp3) is 0.323. The van der Waals surface area contributed by atoms with Gasteiger partial charge in [-0.15, -0.1) is 0 Å². The number of carboxylic acid groups (broad SMARTS) is 1. The van der Waals surface area contributed by atoms with Gasteiger partial charge in [-0.25, -0.2) is 4.79 Å². The molecule has 7 nitrogen and oxygen atoms in total. The maximum atomic E-state index is 12.7. The number of nitrogens with one attached hydrogen (secondary N) is 2. The fourth-order valence-corrected chi connectivity index (χ4v) is 4.27. The number of likely N-dealkylation sites (tertiary alicyclic amines) is 1. The number of anilines is 1. The number of carbonyl (C=O) groups is 3. The first-order chi connectivity index (χ1) is 19.4. The van der Waals surface area contributed by atoms with E-state index in [9.17, 15) is 22.8 Å². The van der Waals surface area contributed by atoms with Crippen LogP contribution < -0.4 is 10.6 Å². The SMILES string of the molecule is CC(C)c1ccc(NC(=O)c2ccc(C(=O)NC3CCN(Cc4ccccc4)CC3)cc2)cc1.O=C(O)C(F)(F)F. The van der Waals surface area contributed by atoms with E-state index in [0.29, 0.717) is 17.0 Å². The van der Waals surface area contributed by atoms with E-state index in [4.69, 9.17) is 9.90 Å². The van der Waals surface area contributed by atoms with Crippen LogP contribution in [0.15, 0.2) is 78.9 Å². The van der Waals surface area contributed by atoms with Gasteiger partial charge >= 0.3 is 12.1 Å². The van der Waals surface area contributed by atoms with Gasteiger partial charge in [-0.3, -0.25) is 14.5 Å². The van der Waals surface area contributed by atoms with Crippen molar-refractivity contribution in [3.63, 3.8) is 0 Å². The number of benzene rings is 3. The van der Waals surface area contributed by atoms with Crippen molar-refractivity contribution in [2.75, 3.05) is 18.4 Å². The molecule has 0 aromatic heterocycles. The van der Waals surface area contributed by atoms with Gasteiger partial charge in [0.05, 0.1) is 0 Å². The number of hydrogen-bond donors (Lipinski definition) is 3. The Morgan fingerprint density at radius 2 is 1.37 bits per heavy atom. The lowest BCUT2D eigenvalue weighted by Gasteiger charge is -2.32. The monoisotopic (exact) mass is 569 g/mol. The van der Waals surface area contributed by atoms with Crippen molar-refractivity contribution in [2.24, 2.45) is 0 Å². The smallest absolute Gasteiger partial charge is 0.475 e. The molecular formula is C31H34F3N3O4. The Kier molecular flexibility index (Phi) is 11.0. The Bertz CT molecular complexity index is 1290. The number of piperidine rings is 1. The lowest BCUT2D eigenvalue weighted by molar-refractivity contribution is -0.192. The third kappa shape index (κ3) is 10.1. The van der Waals surface area contributed by atoms with Crippen LogP contribution in [0.25, 0.3) is 0 Å². The van der Waals surface area contributed by atoms with Crippen LogP contribution in [0.2, 0.25) is 0 Å². The molecule has 3 N–H and O–H groups in total. The molecule has 218 valence electrons. The maximum absolute atomic E-state index is 12.7. The van der Waals surface area contributed by atoms with Crippen molar-refractivity contribution < 1.29 is 32.7 Å². The summed E-state index contributed by atoms with van der Waals surface area (Å²) in [6.07, 6.45) is -3.21. The Hall–Kier alpha value is -4.18. The molecule has 0 aliphatic carbocycles. The second-order valence-corrected chi connectivity index (χ2v) is 10.1. The highest BCUT2D eigenvalue weighted by atomic mass is 19.4. The molecule has 2 amide bonds. The Morgan fingerprint density at radius 3 is 1.85 bits per heavy atom. The Morgan fingerprint density at radius 1 is 0.854 bits per heavy atom. The molecule has 3 aromatic carbocycles. The highest BCUT2D eigenvalue weighted by molar-refractivity contribution is 6.05. The highest BCUT2D eigenvalue weighted by Gasteiger charge is 2.38. The number of halogens is 3. The van der Waals surface area contributed by atoms with Crippen LogP contribution in [0, 0.1) is 0 Å². The van der Waals surface area contributed by atoms with Gasteiger partial charge in [0.2, 0.25) is 0 Å². The van der Waals surface area contributed by atoms with Crippen LogP contribution in [-0.2, 0) is 11.3 Å². The third-order valence-corrected chi connectivity index (χ3v) is 6.66. The molecule has 0 atom stereocenters. The van der Waals surface area contributed by atoms with Gasteiger partial charge in [0.15, 0.2) is 0 Å². The summed E-state index contributed by atoms with van der Waals surface area (Å²) in [5, 5.41) is 13.2. The van der Waals surface area contributed by atoms with Crippen LogP contribution in [0.3, 0.4) is 0 Å².